The first-order valence-corrected chi connectivity index (χ1v) is 8.54. The van der Waals surface area contributed by atoms with Gasteiger partial charge in [-0.05, 0) is 30.8 Å². The topological polar surface area (TPSA) is 67.1 Å². The van der Waals surface area contributed by atoms with E-state index in [0.717, 1.165) is 36.3 Å². The number of aromatic nitrogens is 3. The lowest BCUT2D eigenvalue weighted by Gasteiger charge is -2.30. The van der Waals surface area contributed by atoms with Gasteiger partial charge in [-0.25, -0.2) is 0 Å². The van der Waals surface area contributed by atoms with Gasteiger partial charge in [-0.3, -0.25) is 9.88 Å². The van der Waals surface area contributed by atoms with E-state index in [9.17, 15) is 0 Å². The van der Waals surface area contributed by atoms with Crippen LogP contribution in [-0.4, -0.2) is 46.7 Å². The third-order valence-corrected chi connectivity index (χ3v) is 4.67. The van der Waals surface area contributed by atoms with Crippen LogP contribution in [0, 0.1) is 0 Å². The van der Waals surface area contributed by atoms with E-state index in [-0.39, 0.29) is 6.04 Å². The second-order valence-corrected chi connectivity index (χ2v) is 6.56. The first-order valence-electron chi connectivity index (χ1n) is 8.16. The van der Waals surface area contributed by atoms with Crippen LogP contribution in [0.2, 0.25) is 5.02 Å². The Morgan fingerprint density at radius 2 is 1.96 bits per heavy atom. The zero-order valence-corrected chi connectivity index (χ0v) is 14.6. The molecule has 0 bridgehead atoms. The van der Waals surface area contributed by atoms with Crippen molar-refractivity contribution in [3.05, 3.63) is 53.6 Å². The van der Waals surface area contributed by atoms with E-state index in [1.165, 1.54) is 0 Å². The predicted octanol–water partition coefficient (Wildman–Crippen LogP) is 3.03. The van der Waals surface area contributed by atoms with Crippen molar-refractivity contribution in [3.8, 4) is 22.6 Å². The largest absolute Gasteiger partial charge is 0.334 e. The highest BCUT2D eigenvalue weighted by Gasteiger charge is 2.25. The average molecular weight is 356 g/mol. The molecule has 6 nitrogen and oxygen atoms in total. The van der Waals surface area contributed by atoms with Crippen LogP contribution in [0.5, 0.6) is 0 Å². The molecule has 1 saturated heterocycles. The zero-order valence-electron chi connectivity index (χ0n) is 13.8. The lowest BCUT2D eigenvalue weighted by atomic mass is 10.1. The lowest BCUT2D eigenvalue weighted by molar-refractivity contribution is 0.190. The Bertz CT molecular complexity index is 864. The average Bonchev–Trinajstić information content (AvgIpc) is 3.13. The fraction of sp³-hybridized carbons (Fsp3) is 0.278. The molecule has 0 amide bonds. The Balaban J connectivity index is 1.62. The Hall–Kier alpha value is -2.28. The molecule has 1 N–H and O–H groups in total. The van der Waals surface area contributed by atoms with E-state index in [1.807, 2.05) is 36.5 Å². The maximum Gasteiger partial charge on any atom is 0.259 e. The molecule has 128 valence electrons. The first-order chi connectivity index (χ1) is 12.2. The van der Waals surface area contributed by atoms with Gasteiger partial charge in [0.2, 0.25) is 0 Å². The van der Waals surface area contributed by atoms with Gasteiger partial charge in [0.25, 0.3) is 5.89 Å². The molecule has 25 heavy (non-hydrogen) atoms. The molecule has 4 rings (SSSR count). The maximum absolute atomic E-state index is 5.96. The summed E-state index contributed by atoms with van der Waals surface area (Å²) in [6.45, 7) is 2.76. The van der Waals surface area contributed by atoms with Gasteiger partial charge < -0.3 is 9.84 Å². The van der Waals surface area contributed by atoms with Gasteiger partial charge in [-0.15, -0.1) is 0 Å². The third kappa shape index (κ3) is 3.42. The number of piperazine rings is 1. The molecule has 1 fully saturated rings. The van der Waals surface area contributed by atoms with Crippen LogP contribution < -0.4 is 5.32 Å². The molecule has 0 spiro atoms. The molecule has 0 saturated carbocycles. The number of benzene rings is 1. The van der Waals surface area contributed by atoms with Gasteiger partial charge in [0, 0.05) is 42.6 Å². The third-order valence-electron chi connectivity index (χ3n) is 4.41. The monoisotopic (exact) mass is 355 g/mol. The Labute approximate surface area is 150 Å². The van der Waals surface area contributed by atoms with Crippen LogP contribution in [0.3, 0.4) is 0 Å². The number of nitrogens with one attached hydrogen (secondary N) is 1. The van der Waals surface area contributed by atoms with Gasteiger partial charge in [0.15, 0.2) is 5.82 Å². The highest BCUT2D eigenvalue weighted by atomic mass is 35.5. The van der Waals surface area contributed by atoms with Gasteiger partial charge in [0.1, 0.15) is 0 Å². The second kappa shape index (κ2) is 6.92. The number of rotatable bonds is 3. The quantitative estimate of drug-likeness (QED) is 0.779. The van der Waals surface area contributed by atoms with E-state index in [1.54, 1.807) is 6.20 Å². The SMILES string of the molecule is CN1CCNCC1c1noc(-c2cncc(-c3ccc(Cl)cc3)c2)n1. The molecule has 2 aromatic heterocycles. The first kappa shape index (κ1) is 16.2. The fourth-order valence-electron chi connectivity index (χ4n) is 2.94. The predicted molar refractivity (Wildman–Crippen MR) is 96.2 cm³/mol. The molecular weight excluding hydrogens is 338 g/mol. The van der Waals surface area contributed by atoms with Crippen LogP contribution in [0.15, 0.2) is 47.2 Å². The van der Waals surface area contributed by atoms with Crippen molar-refractivity contribution >= 4 is 11.6 Å². The normalized spacial score (nSPS) is 18.4. The number of hydrogen-bond donors (Lipinski definition) is 1. The summed E-state index contributed by atoms with van der Waals surface area (Å²) in [5.74, 6) is 1.18. The molecule has 1 aromatic carbocycles. The summed E-state index contributed by atoms with van der Waals surface area (Å²) < 4.78 is 5.49. The van der Waals surface area contributed by atoms with Crippen LogP contribution in [-0.2, 0) is 0 Å². The molecule has 3 aromatic rings. The minimum Gasteiger partial charge on any atom is -0.334 e. The number of pyridine rings is 1. The van der Waals surface area contributed by atoms with Crippen LogP contribution >= 0.6 is 11.6 Å². The van der Waals surface area contributed by atoms with Crippen molar-refractivity contribution in [1.82, 2.24) is 25.3 Å². The van der Waals surface area contributed by atoms with E-state index >= 15 is 0 Å². The lowest BCUT2D eigenvalue weighted by Crippen LogP contribution is -2.44. The summed E-state index contributed by atoms with van der Waals surface area (Å²) in [5.41, 5.74) is 2.82. The Morgan fingerprint density at radius 3 is 2.76 bits per heavy atom. The highest BCUT2D eigenvalue weighted by Crippen LogP contribution is 2.27. The van der Waals surface area contributed by atoms with Crippen LogP contribution in [0.25, 0.3) is 22.6 Å². The number of halogens is 1. The Morgan fingerprint density at radius 1 is 1.16 bits per heavy atom. The number of nitrogens with zero attached hydrogens (tertiary/aromatic N) is 4. The summed E-state index contributed by atoms with van der Waals surface area (Å²) in [5, 5.41) is 8.24. The second-order valence-electron chi connectivity index (χ2n) is 6.13. The van der Waals surface area contributed by atoms with Crippen molar-refractivity contribution in [3.63, 3.8) is 0 Å². The van der Waals surface area contributed by atoms with Gasteiger partial charge in [-0.2, -0.15) is 4.98 Å². The molecule has 7 heteroatoms. The minimum atomic E-state index is 0.124. The van der Waals surface area contributed by atoms with Gasteiger partial charge in [-0.1, -0.05) is 28.9 Å². The summed E-state index contributed by atoms with van der Waals surface area (Å²) in [6, 6.07) is 9.77. The number of likely N-dealkylation sites (N-methyl/N-ethyl adjacent to an activating group) is 1. The van der Waals surface area contributed by atoms with Crippen molar-refractivity contribution in [1.29, 1.82) is 0 Å². The van der Waals surface area contributed by atoms with Crippen molar-refractivity contribution in [2.45, 2.75) is 6.04 Å². The van der Waals surface area contributed by atoms with Gasteiger partial charge >= 0.3 is 0 Å². The molecule has 0 radical (unpaired) electrons. The van der Waals surface area contributed by atoms with E-state index in [0.29, 0.717) is 16.7 Å². The van der Waals surface area contributed by atoms with Gasteiger partial charge in [0.05, 0.1) is 11.6 Å². The van der Waals surface area contributed by atoms with Crippen molar-refractivity contribution in [2.24, 2.45) is 0 Å². The fourth-order valence-corrected chi connectivity index (χ4v) is 3.06. The number of hydrogen-bond acceptors (Lipinski definition) is 6. The maximum atomic E-state index is 5.96. The van der Waals surface area contributed by atoms with Crippen molar-refractivity contribution < 1.29 is 4.52 Å². The van der Waals surface area contributed by atoms with Crippen LogP contribution in [0.4, 0.5) is 0 Å². The molecule has 0 aliphatic carbocycles. The molecule has 1 aliphatic heterocycles. The Kier molecular flexibility index (Phi) is 4.48. The van der Waals surface area contributed by atoms with E-state index in [4.69, 9.17) is 16.1 Å². The zero-order chi connectivity index (χ0) is 17.2. The highest BCUT2D eigenvalue weighted by molar-refractivity contribution is 6.30. The smallest absolute Gasteiger partial charge is 0.259 e. The van der Waals surface area contributed by atoms with Crippen molar-refractivity contribution in [2.75, 3.05) is 26.7 Å². The molecule has 1 unspecified atom stereocenters. The standard InChI is InChI=1S/C18H18ClN5O/c1-24-7-6-20-11-16(24)17-22-18(25-23-17)14-8-13(9-21-10-14)12-2-4-15(19)5-3-12/h2-5,8-10,16,20H,6-7,11H2,1H3. The summed E-state index contributed by atoms with van der Waals surface area (Å²) in [7, 11) is 2.07. The summed E-state index contributed by atoms with van der Waals surface area (Å²) in [4.78, 5) is 11.1. The van der Waals surface area contributed by atoms with Crippen LogP contribution in [0.1, 0.15) is 11.9 Å². The molecular formula is C18H18ClN5O. The van der Waals surface area contributed by atoms with E-state index in [2.05, 4.69) is 32.4 Å². The molecule has 3 heterocycles. The summed E-state index contributed by atoms with van der Waals surface area (Å²) >= 11 is 5.96. The molecule has 1 aliphatic rings. The van der Waals surface area contributed by atoms with E-state index < -0.39 is 0 Å². The molecule has 1 atom stereocenters. The summed E-state index contributed by atoms with van der Waals surface area (Å²) in [6.07, 6.45) is 3.54. The minimum absolute atomic E-state index is 0.124.